The van der Waals surface area contributed by atoms with Crippen molar-refractivity contribution in [3.05, 3.63) is 95.1 Å². The zero-order valence-electron chi connectivity index (χ0n) is 25.5. The average Bonchev–Trinajstić information content (AvgIpc) is 3.64. The average molecular weight is 584 g/mol. The van der Waals surface area contributed by atoms with Gasteiger partial charge in [0.2, 0.25) is 5.78 Å². The lowest BCUT2D eigenvalue weighted by atomic mass is 9.64. The molecule has 0 unspecified atom stereocenters. The Hall–Kier alpha value is -3.26. The van der Waals surface area contributed by atoms with Crippen LogP contribution in [0.25, 0.3) is 0 Å². The van der Waals surface area contributed by atoms with E-state index < -0.39 is 17.1 Å². The number of aromatic nitrogens is 1. The van der Waals surface area contributed by atoms with Gasteiger partial charge < -0.3 is 19.5 Å². The number of hydrogen-bond donors (Lipinski definition) is 2. The molecule has 228 valence electrons. The number of anilines is 1. The van der Waals surface area contributed by atoms with Crippen LogP contribution in [0.1, 0.15) is 85.5 Å². The maximum Gasteiger partial charge on any atom is 0.228 e. The highest BCUT2D eigenvalue weighted by Crippen LogP contribution is 2.59. The second-order valence-electron chi connectivity index (χ2n) is 13.2. The van der Waals surface area contributed by atoms with Gasteiger partial charge in [-0.15, -0.1) is 0 Å². The summed E-state index contributed by atoms with van der Waals surface area (Å²) in [6.45, 7) is 8.52. The number of carbonyl (C=O) groups excluding carboxylic acids is 1. The minimum atomic E-state index is -0.899. The molecule has 1 saturated heterocycles. The molecule has 0 spiro atoms. The van der Waals surface area contributed by atoms with Crippen LogP contribution in [-0.4, -0.2) is 70.3 Å². The molecule has 3 aromatic rings. The Kier molecular flexibility index (Phi) is 8.58. The number of fused-ring (bicyclic) bond motifs is 8. The molecule has 43 heavy (non-hydrogen) atoms. The highest BCUT2D eigenvalue weighted by Gasteiger charge is 2.57. The molecule has 2 fully saturated rings. The Morgan fingerprint density at radius 1 is 1.07 bits per heavy atom. The number of benzene rings is 1. The maximum atomic E-state index is 13.9. The number of β-amino-alcohol motifs (C(OH)–C–C–N with tert-alkyl or cyclic N) is 1. The highest BCUT2D eigenvalue weighted by molar-refractivity contribution is 6.08. The molecule has 7 nitrogen and oxygen atoms in total. The van der Waals surface area contributed by atoms with Crippen molar-refractivity contribution in [1.82, 2.24) is 9.88 Å². The molecule has 7 heteroatoms. The molecule has 2 N–H and O–H groups in total. The number of furan rings is 1. The Balaban J connectivity index is 1.32. The maximum absolute atomic E-state index is 13.9. The first-order chi connectivity index (χ1) is 20.8. The molecule has 3 aliphatic carbocycles. The number of hydrogen-bond acceptors (Lipinski definition) is 7. The van der Waals surface area contributed by atoms with Gasteiger partial charge in [-0.25, -0.2) is 4.98 Å². The Morgan fingerprint density at radius 2 is 1.91 bits per heavy atom. The molecule has 2 aromatic heterocycles. The van der Waals surface area contributed by atoms with Crippen molar-refractivity contribution in [2.24, 2.45) is 5.41 Å². The van der Waals surface area contributed by atoms with Crippen molar-refractivity contribution in [1.29, 1.82) is 0 Å². The molecule has 2 bridgehead atoms. The summed E-state index contributed by atoms with van der Waals surface area (Å²) in [5.74, 6) is 1.20. The second-order valence-corrected chi connectivity index (χ2v) is 13.2. The van der Waals surface area contributed by atoms with Gasteiger partial charge in [0.15, 0.2) is 5.76 Å². The minimum absolute atomic E-state index is 0.0110. The van der Waals surface area contributed by atoms with Crippen LogP contribution in [0, 0.1) is 5.41 Å². The number of aliphatic hydroxyl groups is 2. The SMILES string of the molecule is CC1=CCC[C@@]2(C)[C@@H](CC[C@@]2(O)CN2CCN(c3ccccn3)CC2)c2ccc(cc2C(=O)c2ccco2)C[C@@H](O)CC1. The van der Waals surface area contributed by atoms with E-state index in [1.807, 2.05) is 24.4 Å². The topological polar surface area (TPSA) is 90.0 Å². The summed E-state index contributed by atoms with van der Waals surface area (Å²) in [7, 11) is 0. The van der Waals surface area contributed by atoms with Crippen LogP contribution in [0.4, 0.5) is 5.82 Å². The van der Waals surface area contributed by atoms with Gasteiger partial charge in [0, 0.05) is 49.9 Å². The van der Waals surface area contributed by atoms with Gasteiger partial charge in [-0.2, -0.15) is 0 Å². The molecule has 3 heterocycles. The minimum Gasteiger partial charge on any atom is -0.461 e. The zero-order valence-corrected chi connectivity index (χ0v) is 25.5. The molecule has 1 aliphatic heterocycles. The fourth-order valence-electron chi connectivity index (χ4n) is 7.78. The number of aliphatic hydroxyl groups excluding tert-OH is 1. The number of carbonyl (C=O) groups is 1. The van der Waals surface area contributed by atoms with Crippen molar-refractivity contribution in [2.45, 2.75) is 76.4 Å². The lowest BCUT2D eigenvalue weighted by molar-refractivity contribution is -0.0841. The molecule has 4 atom stereocenters. The zero-order chi connectivity index (χ0) is 30.0. The molecule has 1 aromatic carbocycles. The number of piperazine rings is 1. The van der Waals surface area contributed by atoms with Crippen LogP contribution in [0.2, 0.25) is 0 Å². The predicted octanol–water partition coefficient (Wildman–Crippen LogP) is 5.77. The summed E-state index contributed by atoms with van der Waals surface area (Å²) < 4.78 is 5.56. The third-order valence-corrected chi connectivity index (χ3v) is 10.5. The van der Waals surface area contributed by atoms with Gasteiger partial charge in [0.25, 0.3) is 0 Å². The van der Waals surface area contributed by atoms with E-state index in [9.17, 15) is 15.0 Å². The van der Waals surface area contributed by atoms with E-state index in [0.29, 0.717) is 37.1 Å². The largest absolute Gasteiger partial charge is 0.461 e. The fraction of sp³-hybridized carbons (Fsp3) is 0.500. The monoisotopic (exact) mass is 583 g/mol. The Bertz CT molecular complexity index is 1430. The van der Waals surface area contributed by atoms with E-state index in [2.05, 4.69) is 52.9 Å². The predicted molar refractivity (Wildman–Crippen MR) is 168 cm³/mol. The van der Waals surface area contributed by atoms with Crippen LogP contribution < -0.4 is 4.90 Å². The lowest BCUT2D eigenvalue weighted by Crippen LogP contribution is -2.56. The van der Waals surface area contributed by atoms with E-state index in [0.717, 1.165) is 68.8 Å². The summed E-state index contributed by atoms with van der Waals surface area (Å²) in [6, 6.07) is 15.6. The van der Waals surface area contributed by atoms with E-state index >= 15 is 0 Å². The highest BCUT2D eigenvalue weighted by atomic mass is 16.3. The Labute approximate surface area is 255 Å². The first kappa shape index (κ1) is 29.8. The van der Waals surface area contributed by atoms with Crippen LogP contribution >= 0.6 is 0 Å². The molecular weight excluding hydrogens is 538 g/mol. The Morgan fingerprint density at radius 3 is 2.65 bits per heavy atom. The van der Waals surface area contributed by atoms with Gasteiger partial charge in [-0.1, -0.05) is 36.8 Å². The molecule has 1 saturated carbocycles. The fourth-order valence-corrected chi connectivity index (χ4v) is 7.78. The number of rotatable bonds is 5. The first-order valence-corrected chi connectivity index (χ1v) is 15.9. The molecule has 4 aliphatic rings. The molecule has 7 rings (SSSR count). The summed E-state index contributed by atoms with van der Waals surface area (Å²) in [6.07, 6.45) is 10.4. The van der Waals surface area contributed by atoms with Gasteiger partial charge in [-0.05, 0) is 99.2 Å². The van der Waals surface area contributed by atoms with Crippen LogP contribution in [0.15, 0.2) is 77.1 Å². The third kappa shape index (κ3) is 6.08. The summed E-state index contributed by atoms with van der Waals surface area (Å²) in [4.78, 5) is 23.1. The summed E-state index contributed by atoms with van der Waals surface area (Å²) >= 11 is 0. The standard InChI is InChI=1S/C36H45N3O4/c1-26-7-5-15-35(2)31(14-16-36(35,42)25-38-18-20-39(21-19-38)33-9-3-4-17-37-33)29-13-11-27(23-28(40)12-10-26)24-30(29)34(41)32-8-6-22-43-32/h3-4,6-9,11,13,17,22,24,28,31,40,42H,5,10,12,14-16,18-21,23,25H2,1-2H3/t28-,31-,35-,36+/m0/s1. The van der Waals surface area contributed by atoms with Gasteiger partial charge in [0.1, 0.15) is 5.82 Å². The summed E-state index contributed by atoms with van der Waals surface area (Å²) in [5, 5.41) is 23.4. The van der Waals surface area contributed by atoms with Crippen LogP contribution in [0.3, 0.4) is 0 Å². The van der Waals surface area contributed by atoms with Crippen LogP contribution in [0.5, 0.6) is 0 Å². The third-order valence-electron chi connectivity index (χ3n) is 10.5. The number of pyridine rings is 1. The van der Waals surface area contributed by atoms with Crippen LogP contribution in [-0.2, 0) is 6.42 Å². The second kappa shape index (κ2) is 12.4. The van der Waals surface area contributed by atoms with Gasteiger partial charge in [0.05, 0.1) is 18.0 Å². The van der Waals surface area contributed by atoms with E-state index in [1.165, 1.54) is 11.8 Å². The van der Waals surface area contributed by atoms with Crippen molar-refractivity contribution in [3.63, 3.8) is 0 Å². The van der Waals surface area contributed by atoms with E-state index in [4.69, 9.17) is 4.42 Å². The van der Waals surface area contributed by atoms with Gasteiger partial charge in [-0.3, -0.25) is 9.69 Å². The smallest absolute Gasteiger partial charge is 0.228 e. The molecule has 0 amide bonds. The van der Waals surface area contributed by atoms with Crippen molar-refractivity contribution >= 4 is 11.6 Å². The van der Waals surface area contributed by atoms with E-state index in [1.54, 1.807) is 12.1 Å². The normalized spacial score (nSPS) is 28.7. The summed E-state index contributed by atoms with van der Waals surface area (Å²) in [5.41, 5.74) is 2.51. The van der Waals surface area contributed by atoms with E-state index in [-0.39, 0.29) is 11.7 Å². The number of allylic oxidation sites excluding steroid dienone is 2. The van der Waals surface area contributed by atoms with Crippen molar-refractivity contribution < 1.29 is 19.4 Å². The molecular formula is C36H45N3O4. The first-order valence-electron chi connectivity index (χ1n) is 15.9. The molecule has 0 radical (unpaired) electrons. The van der Waals surface area contributed by atoms with Gasteiger partial charge >= 0.3 is 0 Å². The quantitative estimate of drug-likeness (QED) is 0.291. The van der Waals surface area contributed by atoms with Crippen molar-refractivity contribution in [2.75, 3.05) is 37.6 Å². The van der Waals surface area contributed by atoms with Crippen molar-refractivity contribution in [3.8, 4) is 0 Å². The number of ketones is 1. The lowest BCUT2D eigenvalue weighted by Gasteiger charge is -2.47. The number of nitrogens with zero attached hydrogens (tertiary/aromatic N) is 3.